The molecule has 2 aromatic carbocycles. The molecule has 1 unspecified atom stereocenters. The summed E-state index contributed by atoms with van der Waals surface area (Å²) in [5, 5.41) is 12.0. The average molecular weight is 313 g/mol. The van der Waals surface area contributed by atoms with E-state index in [4.69, 9.17) is 9.84 Å². The van der Waals surface area contributed by atoms with Gasteiger partial charge in [-0.1, -0.05) is 25.1 Å². The van der Waals surface area contributed by atoms with Gasteiger partial charge in [0.05, 0.1) is 6.61 Å². The van der Waals surface area contributed by atoms with Crippen LogP contribution in [0.5, 0.6) is 5.75 Å². The van der Waals surface area contributed by atoms with Crippen molar-refractivity contribution in [1.82, 2.24) is 0 Å². The molecular formula is C19H23NO3. The zero-order valence-corrected chi connectivity index (χ0v) is 13.8. The quantitative estimate of drug-likeness (QED) is 0.858. The fourth-order valence-electron chi connectivity index (χ4n) is 2.35. The van der Waals surface area contributed by atoms with E-state index in [0.29, 0.717) is 5.75 Å². The van der Waals surface area contributed by atoms with E-state index < -0.39 is 6.10 Å². The molecular weight excluding hydrogens is 290 g/mol. The minimum atomic E-state index is -0.629. The summed E-state index contributed by atoms with van der Waals surface area (Å²) in [6.07, 6.45) is 0.297. The Kier molecular flexibility index (Phi) is 5.77. The van der Waals surface area contributed by atoms with Crippen LogP contribution in [0, 0.1) is 6.92 Å². The Labute approximate surface area is 137 Å². The zero-order valence-electron chi connectivity index (χ0n) is 13.8. The van der Waals surface area contributed by atoms with Crippen LogP contribution in [-0.2, 0) is 17.8 Å². The molecule has 1 atom stereocenters. The molecule has 4 heteroatoms. The van der Waals surface area contributed by atoms with E-state index in [0.717, 1.165) is 17.7 Å². The molecule has 0 radical (unpaired) electrons. The van der Waals surface area contributed by atoms with Gasteiger partial charge in [-0.3, -0.25) is 4.79 Å². The molecule has 122 valence electrons. The maximum atomic E-state index is 12.3. The van der Waals surface area contributed by atoms with E-state index in [1.165, 1.54) is 11.1 Å². The Morgan fingerprint density at radius 1 is 1.26 bits per heavy atom. The third-order valence-electron chi connectivity index (χ3n) is 3.76. The van der Waals surface area contributed by atoms with Crippen LogP contribution in [0.2, 0.25) is 0 Å². The van der Waals surface area contributed by atoms with Gasteiger partial charge in [0.25, 0.3) is 5.91 Å². The molecule has 0 aliphatic heterocycles. The van der Waals surface area contributed by atoms with Crippen molar-refractivity contribution in [3.63, 3.8) is 0 Å². The van der Waals surface area contributed by atoms with E-state index in [2.05, 4.69) is 19.2 Å². The monoisotopic (exact) mass is 313 g/mol. The van der Waals surface area contributed by atoms with Gasteiger partial charge in [0.15, 0.2) is 6.10 Å². The van der Waals surface area contributed by atoms with Crippen molar-refractivity contribution < 1.29 is 14.6 Å². The number of nitrogens with one attached hydrogen (secondary N) is 1. The van der Waals surface area contributed by atoms with Gasteiger partial charge >= 0.3 is 0 Å². The van der Waals surface area contributed by atoms with Crippen molar-refractivity contribution in [2.75, 3.05) is 5.32 Å². The molecule has 2 rings (SSSR count). The highest BCUT2D eigenvalue weighted by molar-refractivity contribution is 5.94. The molecule has 0 aromatic heterocycles. The van der Waals surface area contributed by atoms with E-state index >= 15 is 0 Å². The molecule has 4 nitrogen and oxygen atoms in total. The largest absolute Gasteiger partial charge is 0.481 e. The average Bonchev–Trinajstić information content (AvgIpc) is 2.56. The van der Waals surface area contributed by atoms with Crippen LogP contribution in [0.4, 0.5) is 5.69 Å². The number of carbonyl (C=O) groups excluding carboxylic acids is 1. The zero-order chi connectivity index (χ0) is 16.8. The number of aliphatic hydroxyl groups is 1. The van der Waals surface area contributed by atoms with Gasteiger partial charge < -0.3 is 15.2 Å². The Morgan fingerprint density at radius 3 is 2.74 bits per heavy atom. The van der Waals surface area contributed by atoms with E-state index in [9.17, 15) is 4.79 Å². The third kappa shape index (κ3) is 4.57. The Morgan fingerprint density at radius 2 is 2.04 bits per heavy atom. The van der Waals surface area contributed by atoms with Gasteiger partial charge in [0.2, 0.25) is 0 Å². The van der Waals surface area contributed by atoms with Crippen LogP contribution >= 0.6 is 0 Å². The molecule has 0 spiro atoms. The van der Waals surface area contributed by atoms with Crippen LogP contribution in [0.3, 0.4) is 0 Å². The van der Waals surface area contributed by atoms with E-state index in [1.54, 1.807) is 31.2 Å². The first-order chi connectivity index (χ1) is 11.0. The van der Waals surface area contributed by atoms with Gasteiger partial charge in [0.1, 0.15) is 5.75 Å². The summed E-state index contributed by atoms with van der Waals surface area (Å²) in [6, 6.07) is 13.0. The molecule has 0 heterocycles. The molecule has 2 aromatic rings. The number of anilines is 1. The van der Waals surface area contributed by atoms with Crippen LogP contribution < -0.4 is 10.1 Å². The van der Waals surface area contributed by atoms with E-state index in [1.807, 2.05) is 18.2 Å². The number of hydrogen-bond acceptors (Lipinski definition) is 3. The molecule has 1 amide bonds. The van der Waals surface area contributed by atoms with Gasteiger partial charge in [0, 0.05) is 5.69 Å². The molecule has 0 bridgehead atoms. The van der Waals surface area contributed by atoms with Gasteiger partial charge in [-0.25, -0.2) is 0 Å². The lowest BCUT2D eigenvalue weighted by Gasteiger charge is -2.16. The number of amides is 1. The topological polar surface area (TPSA) is 58.6 Å². The third-order valence-corrected chi connectivity index (χ3v) is 3.76. The fourth-order valence-corrected chi connectivity index (χ4v) is 2.35. The second-order valence-corrected chi connectivity index (χ2v) is 5.55. The van der Waals surface area contributed by atoms with Crippen LogP contribution in [-0.4, -0.2) is 17.1 Å². The second kappa shape index (κ2) is 7.79. The number of aryl methyl sites for hydroxylation is 2. The molecule has 2 N–H and O–H groups in total. The molecule has 0 saturated heterocycles. The van der Waals surface area contributed by atoms with Crippen molar-refractivity contribution in [3.05, 3.63) is 59.2 Å². The predicted octanol–water partition coefficient (Wildman–Crippen LogP) is 3.46. The summed E-state index contributed by atoms with van der Waals surface area (Å²) >= 11 is 0. The Hall–Kier alpha value is -2.33. The highest BCUT2D eigenvalue weighted by Crippen LogP contribution is 2.18. The van der Waals surface area contributed by atoms with Crippen LogP contribution in [0.1, 0.15) is 30.5 Å². The first-order valence-electron chi connectivity index (χ1n) is 7.80. The van der Waals surface area contributed by atoms with Crippen LogP contribution in [0.15, 0.2) is 42.5 Å². The predicted molar refractivity (Wildman–Crippen MR) is 91.6 cm³/mol. The van der Waals surface area contributed by atoms with Crippen molar-refractivity contribution >= 4 is 11.6 Å². The summed E-state index contributed by atoms with van der Waals surface area (Å²) in [6.45, 7) is 5.80. The SMILES string of the molecule is CCc1cc(NC(=O)C(C)Oc2cccc(CO)c2)ccc1C. The number of aliphatic hydroxyl groups excluding tert-OH is 1. The van der Waals surface area contributed by atoms with Crippen molar-refractivity contribution in [2.45, 2.75) is 39.9 Å². The van der Waals surface area contributed by atoms with Gasteiger partial charge in [-0.15, -0.1) is 0 Å². The Balaban J connectivity index is 2.02. The maximum absolute atomic E-state index is 12.3. The van der Waals surface area contributed by atoms with Gasteiger partial charge in [-0.05, 0) is 61.2 Å². The highest BCUT2D eigenvalue weighted by Gasteiger charge is 2.15. The number of ether oxygens (including phenoxy) is 1. The molecule has 0 aliphatic carbocycles. The standard InChI is InChI=1S/C19H23NO3/c1-4-16-11-17(9-8-13(16)2)20-19(22)14(3)23-18-7-5-6-15(10-18)12-21/h5-11,14,21H,4,12H2,1-3H3,(H,20,22). The number of benzene rings is 2. The lowest BCUT2D eigenvalue weighted by molar-refractivity contribution is -0.122. The van der Waals surface area contributed by atoms with Crippen molar-refractivity contribution in [2.24, 2.45) is 0 Å². The smallest absolute Gasteiger partial charge is 0.265 e. The Bertz CT molecular complexity index is 682. The second-order valence-electron chi connectivity index (χ2n) is 5.55. The normalized spacial score (nSPS) is 11.8. The summed E-state index contributed by atoms with van der Waals surface area (Å²) < 4.78 is 5.65. The van der Waals surface area contributed by atoms with Crippen LogP contribution in [0.25, 0.3) is 0 Å². The summed E-state index contributed by atoms with van der Waals surface area (Å²) in [5.41, 5.74) is 3.96. The molecule has 0 fully saturated rings. The first-order valence-corrected chi connectivity index (χ1v) is 7.80. The maximum Gasteiger partial charge on any atom is 0.265 e. The molecule has 23 heavy (non-hydrogen) atoms. The van der Waals surface area contributed by atoms with Crippen molar-refractivity contribution in [3.8, 4) is 5.75 Å². The number of rotatable bonds is 6. The lowest BCUT2D eigenvalue weighted by Crippen LogP contribution is -2.30. The lowest BCUT2D eigenvalue weighted by atomic mass is 10.1. The van der Waals surface area contributed by atoms with E-state index in [-0.39, 0.29) is 12.5 Å². The highest BCUT2D eigenvalue weighted by atomic mass is 16.5. The molecule has 0 saturated carbocycles. The van der Waals surface area contributed by atoms with Crippen molar-refractivity contribution in [1.29, 1.82) is 0 Å². The minimum Gasteiger partial charge on any atom is -0.481 e. The summed E-state index contributed by atoms with van der Waals surface area (Å²) in [7, 11) is 0. The summed E-state index contributed by atoms with van der Waals surface area (Å²) in [5.74, 6) is 0.364. The summed E-state index contributed by atoms with van der Waals surface area (Å²) in [4.78, 5) is 12.3. The van der Waals surface area contributed by atoms with Gasteiger partial charge in [-0.2, -0.15) is 0 Å². The minimum absolute atomic E-state index is 0.0546. The molecule has 0 aliphatic rings. The first kappa shape index (κ1) is 17.0. The number of hydrogen-bond donors (Lipinski definition) is 2. The fraction of sp³-hybridized carbons (Fsp3) is 0.316. The number of carbonyl (C=O) groups is 1.